The van der Waals surface area contributed by atoms with Gasteiger partial charge in [-0.05, 0) is 26.1 Å². The second-order valence-corrected chi connectivity index (χ2v) is 4.00. The number of aliphatic carboxylic acids is 1. The van der Waals surface area contributed by atoms with Gasteiger partial charge in [-0.3, -0.25) is 9.78 Å². The molecule has 0 bridgehead atoms. The summed E-state index contributed by atoms with van der Waals surface area (Å²) in [6, 6.07) is 5.89. The predicted octanol–water partition coefficient (Wildman–Crippen LogP) is 1.42. The fraction of sp³-hybridized carbons (Fsp3) is 0.500. The molecule has 16 heavy (non-hydrogen) atoms. The third-order valence-corrected chi connectivity index (χ3v) is 2.67. The highest BCUT2D eigenvalue weighted by Gasteiger charge is 2.12. The molecule has 88 valence electrons. The molecule has 0 spiro atoms. The summed E-state index contributed by atoms with van der Waals surface area (Å²) < 4.78 is 0. The molecule has 4 heteroatoms. The van der Waals surface area contributed by atoms with E-state index in [0.29, 0.717) is 0 Å². The molecule has 4 nitrogen and oxygen atoms in total. The molecule has 1 rings (SSSR count). The SMILES string of the molecule is CC(CC(=O)O)N(C)CCc1ccccn1. The van der Waals surface area contributed by atoms with Crippen LogP contribution in [0, 0.1) is 0 Å². The van der Waals surface area contributed by atoms with E-state index in [2.05, 4.69) is 4.98 Å². The average Bonchev–Trinajstić information content (AvgIpc) is 2.26. The molecule has 0 amide bonds. The Morgan fingerprint density at radius 1 is 1.56 bits per heavy atom. The van der Waals surface area contributed by atoms with Gasteiger partial charge in [0.1, 0.15) is 0 Å². The number of likely N-dealkylation sites (N-methyl/N-ethyl adjacent to an activating group) is 1. The first-order valence-corrected chi connectivity index (χ1v) is 5.41. The lowest BCUT2D eigenvalue weighted by Crippen LogP contribution is -2.32. The van der Waals surface area contributed by atoms with Crippen LogP contribution < -0.4 is 0 Å². The van der Waals surface area contributed by atoms with Crippen molar-refractivity contribution in [3.05, 3.63) is 30.1 Å². The molecule has 0 saturated carbocycles. The molecule has 0 saturated heterocycles. The van der Waals surface area contributed by atoms with Crippen molar-refractivity contribution in [2.75, 3.05) is 13.6 Å². The molecule has 1 atom stereocenters. The summed E-state index contributed by atoms with van der Waals surface area (Å²) in [5.41, 5.74) is 1.04. The van der Waals surface area contributed by atoms with Crippen molar-refractivity contribution >= 4 is 5.97 Å². The number of hydrogen-bond acceptors (Lipinski definition) is 3. The monoisotopic (exact) mass is 222 g/mol. The molecular formula is C12H18N2O2. The fourth-order valence-electron chi connectivity index (χ4n) is 1.47. The minimum Gasteiger partial charge on any atom is -0.481 e. The van der Waals surface area contributed by atoms with Crippen LogP contribution in [0.1, 0.15) is 19.0 Å². The average molecular weight is 222 g/mol. The van der Waals surface area contributed by atoms with Gasteiger partial charge in [-0.2, -0.15) is 0 Å². The molecule has 1 aromatic heterocycles. The topological polar surface area (TPSA) is 53.4 Å². The molecule has 0 fully saturated rings. The molecule has 1 heterocycles. The summed E-state index contributed by atoms with van der Waals surface area (Å²) >= 11 is 0. The number of carbonyl (C=O) groups is 1. The summed E-state index contributed by atoms with van der Waals surface area (Å²) in [6.07, 6.45) is 2.80. The minimum absolute atomic E-state index is 0.0567. The lowest BCUT2D eigenvalue weighted by Gasteiger charge is -2.22. The lowest BCUT2D eigenvalue weighted by atomic mass is 10.2. The van der Waals surface area contributed by atoms with Crippen LogP contribution in [0.5, 0.6) is 0 Å². The maximum atomic E-state index is 10.5. The van der Waals surface area contributed by atoms with Crippen molar-refractivity contribution < 1.29 is 9.90 Å². The summed E-state index contributed by atoms with van der Waals surface area (Å²) in [5.74, 6) is -0.753. The number of hydrogen-bond donors (Lipinski definition) is 1. The van der Waals surface area contributed by atoms with E-state index in [4.69, 9.17) is 5.11 Å². The Hall–Kier alpha value is -1.42. The number of carboxylic acids is 1. The van der Waals surface area contributed by atoms with E-state index in [1.807, 2.05) is 37.1 Å². The van der Waals surface area contributed by atoms with E-state index in [-0.39, 0.29) is 12.5 Å². The minimum atomic E-state index is -0.753. The highest BCUT2D eigenvalue weighted by atomic mass is 16.4. The zero-order valence-corrected chi connectivity index (χ0v) is 9.76. The van der Waals surface area contributed by atoms with E-state index in [1.54, 1.807) is 6.20 Å². The fourth-order valence-corrected chi connectivity index (χ4v) is 1.47. The van der Waals surface area contributed by atoms with Gasteiger partial charge < -0.3 is 10.0 Å². The van der Waals surface area contributed by atoms with E-state index in [0.717, 1.165) is 18.7 Å². The molecule has 1 aromatic rings. The number of aromatic nitrogens is 1. The highest BCUT2D eigenvalue weighted by molar-refractivity contribution is 5.67. The molecule has 1 N–H and O–H groups in total. The summed E-state index contributed by atoms with van der Waals surface area (Å²) in [6.45, 7) is 2.75. The Labute approximate surface area is 95.9 Å². The Morgan fingerprint density at radius 3 is 2.88 bits per heavy atom. The van der Waals surface area contributed by atoms with Gasteiger partial charge in [0.05, 0.1) is 6.42 Å². The van der Waals surface area contributed by atoms with Crippen LogP contribution in [0.3, 0.4) is 0 Å². The van der Waals surface area contributed by atoms with Crippen molar-refractivity contribution in [2.24, 2.45) is 0 Å². The maximum Gasteiger partial charge on any atom is 0.304 e. The second-order valence-electron chi connectivity index (χ2n) is 4.00. The zero-order valence-electron chi connectivity index (χ0n) is 9.76. The largest absolute Gasteiger partial charge is 0.481 e. The van der Waals surface area contributed by atoms with Crippen molar-refractivity contribution in [1.29, 1.82) is 0 Å². The molecule has 0 aliphatic carbocycles. The van der Waals surface area contributed by atoms with Crippen LogP contribution in [0.25, 0.3) is 0 Å². The quantitative estimate of drug-likeness (QED) is 0.791. The Kier molecular flexibility index (Phi) is 4.92. The summed E-state index contributed by atoms with van der Waals surface area (Å²) in [5, 5.41) is 8.68. The first-order valence-electron chi connectivity index (χ1n) is 5.41. The van der Waals surface area contributed by atoms with Crippen molar-refractivity contribution in [3.63, 3.8) is 0 Å². The second kappa shape index (κ2) is 6.23. The van der Waals surface area contributed by atoms with Gasteiger partial charge >= 0.3 is 5.97 Å². The third-order valence-electron chi connectivity index (χ3n) is 2.67. The van der Waals surface area contributed by atoms with Gasteiger partial charge in [0, 0.05) is 30.9 Å². The molecule has 1 unspecified atom stereocenters. The van der Waals surface area contributed by atoms with Gasteiger partial charge in [-0.1, -0.05) is 6.07 Å². The molecule has 0 aliphatic rings. The maximum absolute atomic E-state index is 10.5. The van der Waals surface area contributed by atoms with Crippen molar-refractivity contribution in [3.8, 4) is 0 Å². The zero-order chi connectivity index (χ0) is 12.0. The smallest absolute Gasteiger partial charge is 0.304 e. The van der Waals surface area contributed by atoms with Crippen LogP contribution in [-0.4, -0.2) is 40.6 Å². The molecule has 0 aromatic carbocycles. The van der Waals surface area contributed by atoms with Crippen LogP contribution >= 0.6 is 0 Å². The Morgan fingerprint density at radius 2 is 2.31 bits per heavy atom. The number of rotatable bonds is 6. The predicted molar refractivity (Wildman–Crippen MR) is 62.3 cm³/mol. The summed E-state index contributed by atoms with van der Waals surface area (Å²) in [4.78, 5) is 16.8. The van der Waals surface area contributed by atoms with Gasteiger partial charge in [0.25, 0.3) is 0 Å². The molecule has 0 aliphatic heterocycles. The van der Waals surface area contributed by atoms with E-state index in [1.165, 1.54) is 0 Å². The Balaban J connectivity index is 2.35. The normalized spacial score (nSPS) is 12.7. The molecule has 0 radical (unpaired) electrons. The van der Waals surface area contributed by atoms with Gasteiger partial charge in [0.2, 0.25) is 0 Å². The number of carboxylic acid groups (broad SMARTS) is 1. The van der Waals surface area contributed by atoms with Gasteiger partial charge in [-0.25, -0.2) is 0 Å². The van der Waals surface area contributed by atoms with E-state index < -0.39 is 5.97 Å². The van der Waals surface area contributed by atoms with Crippen LogP contribution in [0.4, 0.5) is 0 Å². The molecular weight excluding hydrogens is 204 g/mol. The lowest BCUT2D eigenvalue weighted by molar-refractivity contribution is -0.138. The number of nitrogens with zero attached hydrogens (tertiary/aromatic N) is 2. The van der Waals surface area contributed by atoms with Crippen LogP contribution in [0.2, 0.25) is 0 Å². The standard InChI is InChI=1S/C12H18N2O2/c1-10(9-12(15)16)14(2)8-6-11-5-3-4-7-13-11/h3-5,7,10H,6,8-9H2,1-2H3,(H,15,16). The van der Waals surface area contributed by atoms with Gasteiger partial charge in [-0.15, -0.1) is 0 Å². The van der Waals surface area contributed by atoms with Crippen LogP contribution in [-0.2, 0) is 11.2 Å². The first-order chi connectivity index (χ1) is 7.59. The third kappa shape index (κ3) is 4.40. The van der Waals surface area contributed by atoms with E-state index in [9.17, 15) is 4.79 Å². The van der Waals surface area contributed by atoms with Crippen molar-refractivity contribution in [1.82, 2.24) is 9.88 Å². The number of pyridine rings is 1. The Bertz CT molecular complexity index is 327. The van der Waals surface area contributed by atoms with Crippen LogP contribution in [0.15, 0.2) is 24.4 Å². The summed E-state index contributed by atoms with van der Waals surface area (Å²) in [7, 11) is 1.94. The van der Waals surface area contributed by atoms with Crippen molar-refractivity contribution in [2.45, 2.75) is 25.8 Å². The first kappa shape index (κ1) is 12.6. The highest BCUT2D eigenvalue weighted by Crippen LogP contribution is 2.03. The van der Waals surface area contributed by atoms with E-state index >= 15 is 0 Å². The van der Waals surface area contributed by atoms with Gasteiger partial charge in [0.15, 0.2) is 0 Å².